The molecule has 2 aromatic rings. The summed E-state index contributed by atoms with van der Waals surface area (Å²) in [5.74, 6) is 0.651. The number of rotatable bonds is 3. The van der Waals surface area contributed by atoms with Gasteiger partial charge >= 0.3 is 0 Å². The SMILES string of the molecule is Cl.O=C(c1cccn1C1CC1)N1C[C@@H]2CNC[C@@H]2[C@H]1c1cccc(F)c1. The lowest BCUT2D eigenvalue weighted by molar-refractivity contribution is 0.0702. The van der Waals surface area contributed by atoms with Crippen LogP contribution in [0.1, 0.15) is 41.0 Å². The van der Waals surface area contributed by atoms with Gasteiger partial charge in [0.2, 0.25) is 0 Å². The van der Waals surface area contributed by atoms with Gasteiger partial charge in [0.25, 0.3) is 5.91 Å². The molecule has 6 heteroatoms. The molecule has 3 heterocycles. The maximum Gasteiger partial charge on any atom is 0.271 e. The Morgan fingerprint density at radius 1 is 1.15 bits per heavy atom. The van der Waals surface area contributed by atoms with Crippen LogP contribution in [0.4, 0.5) is 4.39 Å². The van der Waals surface area contributed by atoms with E-state index in [4.69, 9.17) is 0 Å². The third-order valence-electron chi connectivity index (χ3n) is 5.95. The van der Waals surface area contributed by atoms with E-state index in [1.165, 1.54) is 6.07 Å². The molecule has 0 unspecified atom stereocenters. The van der Waals surface area contributed by atoms with Crippen molar-refractivity contribution < 1.29 is 9.18 Å². The lowest BCUT2D eigenvalue weighted by Crippen LogP contribution is -2.35. The molecule has 0 radical (unpaired) electrons. The van der Waals surface area contributed by atoms with Crippen LogP contribution in [0.5, 0.6) is 0 Å². The zero-order chi connectivity index (χ0) is 17.0. The van der Waals surface area contributed by atoms with E-state index in [1.807, 2.05) is 29.3 Å². The summed E-state index contributed by atoms with van der Waals surface area (Å²) >= 11 is 0. The lowest BCUT2D eigenvalue weighted by atomic mass is 9.89. The van der Waals surface area contributed by atoms with Gasteiger partial charge in [0.15, 0.2) is 0 Å². The molecule has 5 rings (SSSR count). The summed E-state index contributed by atoms with van der Waals surface area (Å²) in [5.41, 5.74) is 1.69. The van der Waals surface area contributed by atoms with Crippen LogP contribution in [0.2, 0.25) is 0 Å². The molecule has 1 amide bonds. The first-order valence-corrected chi connectivity index (χ1v) is 9.16. The zero-order valence-electron chi connectivity index (χ0n) is 14.5. The van der Waals surface area contributed by atoms with Crippen molar-refractivity contribution in [2.45, 2.75) is 24.9 Å². The van der Waals surface area contributed by atoms with Crippen LogP contribution >= 0.6 is 12.4 Å². The molecule has 138 valence electrons. The Kier molecular flexibility index (Phi) is 4.53. The highest BCUT2D eigenvalue weighted by Gasteiger charge is 2.47. The minimum absolute atomic E-state index is 0. The topological polar surface area (TPSA) is 37.3 Å². The fourth-order valence-electron chi connectivity index (χ4n) is 4.64. The van der Waals surface area contributed by atoms with Crippen LogP contribution in [0.3, 0.4) is 0 Å². The number of nitrogens with zero attached hydrogens (tertiary/aromatic N) is 2. The number of fused-ring (bicyclic) bond motifs is 1. The van der Waals surface area contributed by atoms with Gasteiger partial charge in [-0.05, 0) is 48.6 Å². The van der Waals surface area contributed by atoms with Gasteiger partial charge in [-0.15, -0.1) is 12.4 Å². The maximum absolute atomic E-state index is 13.8. The molecule has 1 N–H and O–H groups in total. The fraction of sp³-hybridized carbons (Fsp3) is 0.450. The molecule has 2 aliphatic heterocycles. The van der Waals surface area contributed by atoms with Crippen LogP contribution in [0, 0.1) is 17.7 Å². The minimum Gasteiger partial charge on any atom is -0.340 e. The Morgan fingerprint density at radius 3 is 2.77 bits per heavy atom. The molecule has 0 spiro atoms. The number of carbonyl (C=O) groups excluding carboxylic acids is 1. The predicted molar refractivity (Wildman–Crippen MR) is 100.0 cm³/mol. The third-order valence-corrected chi connectivity index (χ3v) is 5.95. The van der Waals surface area contributed by atoms with Gasteiger partial charge in [-0.3, -0.25) is 4.79 Å². The van der Waals surface area contributed by atoms with Crippen LogP contribution in [0.15, 0.2) is 42.6 Å². The van der Waals surface area contributed by atoms with Crippen molar-refractivity contribution in [2.24, 2.45) is 11.8 Å². The molecule has 26 heavy (non-hydrogen) atoms. The number of halogens is 2. The Morgan fingerprint density at radius 2 is 2.00 bits per heavy atom. The van der Waals surface area contributed by atoms with Crippen molar-refractivity contribution in [1.82, 2.24) is 14.8 Å². The van der Waals surface area contributed by atoms with Crippen molar-refractivity contribution in [3.63, 3.8) is 0 Å². The number of carbonyl (C=O) groups is 1. The van der Waals surface area contributed by atoms with Gasteiger partial charge < -0.3 is 14.8 Å². The molecule has 1 aromatic carbocycles. The van der Waals surface area contributed by atoms with Crippen molar-refractivity contribution in [2.75, 3.05) is 19.6 Å². The van der Waals surface area contributed by atoms with Crippen molar-refractivity contribution in [3.05, 3.63) is 59.7 Å². The third kappa shape index (κ3) is 2.83. The number of nitrogens with one attached hydrogen (secondary N) is 1. The first kappa shape index (κ1) is 17.6. The van der Waals surface area contributed by atoms with Gasteiger partial charge in [0, 0.05) is 37.8 Å². The number of hydrogen-bond acceptors (Lipinski definition) is 2. The van der Waals surface area contributed by atoms with Crippen molar-refractivity contribution >= 4 is 18.3 Å². The number of hydrogen-bond donors (Lipinski definition) is 1. The van der Waals surface area contributed by atoms with Gasteiger partial charge in [-0.1, -0.05) is 12.1 Å². The van der Waals surface area contributed by atoms with E-state index in [1.54, 1.807) is 12.1 Å². The smallest absolute Gasteiger partial charge is 0.271 e. The molecule has 3 aliphatic rings. The first-order chi connectivity index (χ1) is 12.2. The summed E-state index contributed by atoms with van der Waals surface area (Å²) in [4.78, 5) is 15.3. The minimum atomic E-state index is -0.235. The summed E-state index contributed by atoms with van der Waals surface area (Å²) in [6.45, 7) is 2.57. The molecule has 1 aliphatic carbocycles. The van der Waals surface area contributed by atoms with Gasteiger partial charge in [0.05, 0.1) is 6.04 Å². The summed E-state index contributed by atoms with van der Waals surface area (Å²) in [7, 11) is 0. The molecule has 3 atom stereocenters. The lowest BCUT2D eigenvalue weighted by Gasteiger charge is -2.29. The molecular weight excluding hydrogens is 353 g/mol. The summed E-state index contributed by atoms with van der Waals surface area (Å²) in [5, 5.41) is 3.44. The fourth-order valence-corrected chi connectivity index (χ4v) is 4.64. The monoisotopic (exact) mass is 375 g/mol. The largest absolute Gasteiger partial charge is 0.340 e. The molecule has 1 aromatic heterocycles. The van der Waals surface area contributed by atoms with E-state index < -0.39 is 0 Å². The summed E-state index contributed by atoms with van der Waals surface area (Å²) < 4.78 is 15.9. The number of likely N-dealkylation sites (tertiary alicyclic amines) is 1. The highest BCUT2D eigenvalue weighted by atomic mass is 35.5. The quantitative estimate of drug-likeness (QED) is 0.892. The van der Waals surface area contributed by atoms with Crippen molar-refractivity contribution in [3.8, 4) is 0 Å². The van der Waals surface area contributed by atoms with E-state index in [9.17, 15) is 9.18 Å². The molecule has 2 saturated heterocycles. The average molecular weight is 376 g/mol. The van der Waals surface area contributed by atoms with Gasteiger partial charge in [-0.2, -0.15) is 0 Å². The Balaban J connectivity index is 0.00000168. The Labute approximate surface area is 158 Å². The highest BCUT2D eigenvalue weighted by molar-refractivity contribution is 5.93. The zero-order valence-corrected chi connectivity index (χ0v) is 15.3. The standard InChI is InChI=1S/C20H22FN3O.ClH/c21-15-4-1-3-13(9-15)19-17-11-22-10-14(17)12-24(19)20(25)18-5-2-8-23(18)16-6-7-16;/h1-5,8-9,14,16-17,19,22H,6-7,10-12H2;1H/t14-,17-,19+;/m0./s1. The Hall–Kier alpha value is -1.85. The highest BCUT2D eigenvalue weighted by Crippen LogP contribution is 2.44. The molecule has 0 bridgehead atoms. The van der Waals surface area contributed by atoms with Crippen LogP contribution in [-0.2, 0) is 0 Å². The van der Waals surface area contributed by atoms with E-state index in [2.05, 4.69) is 9.88 Å². The second-order valence-electron chi connectivity index (χ2n) is 7.57. The van der Waals surface area contributed by atoms with E-state index in [-0.39, 0.29) is 30.2 Å². The number of benzene rings is 1. The summed E-state index contributed by atoms with van der Waals surface area (Å²) in [6.07, 6.45) is 4.31. The number of amides is 1. The van der Waals surface area contributed by atoms with E-state index in [0.29, 0.717) is 17.9 Å². The van der Waals surface area contributed by atoms with Crippen LogP contribution in [-0.4, -0.2) is 35.0 Å². The van der Waals surface area contributed by atoms with Crippen LogP contribution < -0.4 is 5.32 Å². The van der Waals surface area contributed by atoms with E-state index in [0.717, 1.165) is 43.7 Å². The second kappa shape index (κ2) is 6.71. The maximum atomic E-state index is 13.8. The van der Waals surface area contributed by atoms with Gasteiger partial charge in [0.1, 0.15) is 11.5 Å². The molecule has 4 nitrogen and oxygen atoms in total. The molecule has 1 saturated carbocycles. The first-order valence-electron chi connectivity index (χ1n) is 9.16. The number of aromatic nitrogens is 1. The summed E-state index contributed by atoms with van der Waals surface area (Å²) in [6, 6.07) is 11.1. The van der Waals surface area contributed by atoms with Crippen molar-refractivity contribution in [1.29, 1.82) is 0 Å². The molecule has 3 fully saturated rings. The van der Waals surface area contributed by atoms with Crippen LogP contribution in [0.25, 0.3) is 0 Å². The second-order valence-corrected chi connectivity index (χ2v) is 7.57. The normalized spacial score (nSPS) is 27.3. The molecular formula is C20H23ClFN3O. The average Bonchev–Trinajstić information content (AvgIpc) is 3.03. The van der Waals surface area contributed by atoms with Gasteiger partial charge in [-0.25, -0.2) is 4.39 Å². The van der Waals surface area contributed by atoms with E-state index >= 15 is 0 Å². The Bertz CT molecular complexity index is 819. The predicted octanol–water partition coefficient (Wildman–Crippen LogP) is 3.42.